The fourth-order valence-electron chi connectivity index (χ4n) is 2.93. The Balaban J connectivity index is 2.47. The average molecular weight is 279 g/mol. The van der Waals surface area contributed by atoms with Gasteiger partial charge in [0.2, 0.25) is 5.91 Å². The molecule has 0 aromatic carbocycles. The molecule has 2 unspecified atom stereocenters. The summed E-state index contributed by atoms with van der Waals surface area (Å²) in [6, 6.07) is -0.249. The monoisotopic (exact) mass is 279 g/mol. The molecule has 1 aliphatic heterocycles. The largest absolute Gasteiger partial charge is 0.481 e. The third-order valence-corrected chi connectivity index (χ3v) is 3.92. The van der Waals surface area contributed by atoms with Crippen LogP contribution in [0.2, 0.25) is 0 Å². The van der Waals surface area contributed by atoms with E-state index >= 15 is 0 Å². The maximum absolute atomic E-state index is 12.1. The van der Waals surface area contributed by atoms with E-state index in [1.165, 1.54) is 0 Å². The lowest BCUT2D eigenvalue weighted by Gasteiger charge is -2.39. The van der Waals surface area contributed by atoms with Crippen LogP contribution < -0.4 is 0 Å². The fraction of sp³-hybridized carbons (Fsp3) is 0.643. The number of piperidine rings is 1. The highest BCUT2D eigenvalue weighted by Crippen LogP contribution is 2.37. The van der Waals surface area contributed by atoms with Gasteiger partial charge in [-0.05, 0) is 27.2 Å². The van der Waals surface area contributed by atoms with E-state index in [2.05, 4.69) is 4.98 Å². The molecule has 1 N–H and O–H groups in total. The number of hydrogen-bond acceptors (Lipinski definition) is 3. The van der Waals surface area contributed by atoms with Crippen molar-refractivity contribution in [3.63, 3.8) is 0 Å². The lowest BCUT2D eigenvalue weighted by atomic mass is 9.86. The van der Waals surface area contributed by atoms with E-state index < -0.39 is 17.9 Å². The van der Waals surface area contributed by atoms with Gasteiger partial charge in [-0.2, -0.15) is 0 Å². The number of hydrogen-bond donors (Lipinski definition) is 1. The second kappa shape index (κ2) is 5.64. The van der Waals surface area contributed by atoms with Crippen LogP contribution in [-0.2, 0) is 9.59 Å². The Bertz CT molecular complexity index is 508. The highest BCUT2D eigenvalue weighted by molar-refractivity contribution is 5.81. The van der Waals surface area contributed by atoms with Gasteiger partial charge in [-0.25, -0.2) is 4.98 Å². The Morgan fingerprint density at radius 3 is 2.80 bits per heavy atom. The van der Waals surface area contributed by atoms with E-state index in [9.17, 15) is 14.7 Å². The quantitative estimate of drug-likeness (QED) is 0.912. The van der Waals surface area contributed by atoms with Gasteiger partial charge in [0.15, 0.2) is 0 Å². The van der Waals surface area contributed by atoms with Crippen LogP contribution in [0.3, 0.4) is 0 Å². The molecule has 6 nitrogen and oxygen atoms in total. The highest BCUT2D eigenvalue weighted by Gasteiger charge is 2.41. The molecule has 6 heteroatoms. The molecule has 0 aliphatic carbocycles. The maximum Gasteiger partial charge on any atom is 0.309 e. The van der Waals surface area contributed by atoms with Crippen LogP contribution in [-0.4, -0.2) is 38.0 Å². The van der Waals surface area contributed by atoms with Crippen LogP contribution in [0.25, 0.3) is 0 Å². The van der Waals surface area contributed by atoms with Gasteiger partial charge in [0, 0.05) is 19.0 Å². The van der Waals surface area contributed by atoms with E-state index in [0.29, 0.717) is 19.4 Å². The summed E-state index contributed by atoms with van der Waals surface area (Å²) < 4.78 is 1.95. The lowest BCUT2D eigenvalue weighted by molar-refractivity contribution is -0.152. The highest BCUT2D eigenvalue weighted by atomic mass is 16.4. The first-order valence-corrected chi connectivity index (χ1v) is 7.01. The Morgan fingerprint density at radius 2 is 2.25 bits per heavy atom. The standard InChI is InChI=1S/C14H21N3O3/c1-4-16-12(18)6-5-10(14(19)20)13(16)11-7-15-8-17(11)9(2)3/h7-10,13H,4-6H2,1-3H3,(H,19,20). The molecule has 110 valence electrons. The first-order valence-electron chi connectivity index (χ1n) is 7.01. The number of likely N-dealkylation sites (tertiary alicyclic amines) is 1. The topological polar surface area (TPSA) is 75.4 Å². The first kappa shape index (κ1) is 14.6. The first-order chi connectivity index (χ1) is 9.47. The predicted molar refractivity (Wildman–Crippen MR) is 73.1 cm³/mol. The summed E-state index contributed by atoms with van der Waals surface area (Å²) in [5.41, 5.74) is 0.808. The van der Waals surface area contributed by atoms with Crippen molar-refractivity contribution in [1.29, 1.82) is 0 Å². The number of carboxylic acids is 1. The Labute approximate surface area is 118 Å². The number of nitrogens with zero attached hydrogens (tertiary/aromatic N) is 3. The number of aliphatic carboxylic acids is 1. The van der Waals surface area contributed by atoms with Crippen LogP contribution in [0.5, 0.6) is 0 Å². The molecule has 1 aliphatic rings. The average Bonchev–Trinajstić information content (AvgIpc) is 2.86. The molecule has 2 rings (SSSR count). The summed E-state index contributed by atoms with van der Waals surface area (Å²) in [6.07, 6.45) is 4.07. The molecule has 2 heterocycles. The maximum atomic E-state index is 12.1. The number of aromatic nitrogens is 2. The van der Waals surface area contributed by atoms with Crippen LogP contribution in [0.15, 0.2) is 12.5 Å². The molecule has 1 saturated heterocycles. The Kier molecular flexibility index (Phi) is 4.11. The van der Waals surface area contributed by atoms with Crippen molar-refractivity contribution in [2.45, 2.75) is 45.7 Å². The molecule has 0 radical (unpaired) electrons. The van der Waals surface area contributed by atoms with Gasteiger partial charge in [0.25, 0.3) is 0 Å². The minimum atomic E-state index is -0.850. The summed E-state index contributed by atoms with van der Waals surface area (Å²) in [7, 11) is 0. The molecule has 1 fully saturated rings. The zero-order valence-corrected chi connectivity index (χ0v) is 12.1. The summed E-state index contributed by atoms with van der Waals surface area (Å²) >= 11 is 0. The molecule has 0 saturated carbocycles. The number of imidazole rings is 1. The number of carbonyl (C=O) groups excluding carboxylic acids is 1. The van der Waals surface area contributed by atoms with E-state index in [1.807, 2.05) is 25.3 Å². The Hall–Kier alpha value is -1.85. The number of rotatable bonds is 4. The van der Waals surface area contributed by atoms with Crippen LogP contribution >= 0.6 is 0 Å². The van der Waals surface area contributed by atoms with Gasteiger partial charge in [-0.3, -0.25) is 9.59 Å². The van der Waals surface area contributed by atoms with Crippen molar-refractivity contribution in [3.05, 3.63) is 18.2 Å². The minimum Gasteiger partial charge on any atom is -0.481 e. The molecular weight excluding hydrogens is 258 g/mol. The smallest absolute Gasteiger partial charge is 0.309 e. The van der Waals surface area contributed by atoms with E-state index in [4.69, 9.17) is 0 Å². The summed E-state index contributed by atoms with van der Waals surface area (Å²) in [5.74, 6) is -1.40. The van der Waals surface area contributed by atoms with Crippen LogP contribution in [0.4, 0.5) is 0 Å². The minimum absolute atomic E-state index is 0.0199. The molecular formula is C14H21N3O3. The number of carbonyl (C=O) groups is 2. The van der Waals surface area contributed by atoms with Gasteiger partial charge in [0.1, 0.15) is 0 Å². The summed E-state index contributed by atoms with van der Waals surface area (Å²) in [6.45, 7) is 6.42. The lowest BCUT2D eigenvalue weighted by Crippen LogP contribution is -2.46. The fourth-order valence-corrected chi connectivity index (χ4v) is 2.93. The summed E-state index contributed by atoms with van der Waals surface area (Å²) in [5, 5.41) is 9.47. The summed E-state index contributed by atoms with van der Waals surface area (Å²) in [4.78, 5) is 29.4. The van der Waals surface area contributed by atoms with Crippen molar-refractivity contribution in [3.8, 4) is 0 Å². The van der Waals surface area contributed by atoms with Crippen molar-refractivity contribution in [1.82, 2.24) is 14.5 Å². The molecule has 2 atom stereocenters. The SMILES string of the molecule is CCN1C(=O)CCC(C(=O)O)C1c1cncn1C(C)C. The molecule has 20 heavy (non-hydrogen) atoms. The van der Waals surface area contributed by atoms with Gasteiger partial charge >= 0.3 is 5.97 Å². The van der Waals surface area contributed by atoms with Crippen molar-refractivity contribution in [2.75, 3.05) is 6.54 Å². The number of carboxylic acid groups (broad SMARTS) is 1. The Morgan fingerprint density at radius 1 is 1.55 bits per heavy atom. The predicted octanol–water partition coefficient (Wildman–Crippen LogP) is 1.85. The second-order valence-corrected chi connectivity index (χ2v) is 5.43. The van der Waals surface area contributed by atoms with Gasteiger partial charge in [0.05, 0.1) is 30.2 Å². The van der Waals surface area contributed by atoms with E-state index in [-0.39, 0.29) is 11.9 Å². The second-order valence-electron chi connectivity index (χ2n) is 5.43. The van der Waals surface area contributed by atoms with Crippen molar-refractivity contribution < 1.29 is 14.7 Å². The van der Waals surface area contributed by atoms with Crippen LogP contribution in [0.1, 0.15) is 51.4 Å². The van der Waals surface area contributed by atoms with Gasteiger partial charge in [-0.15, -0.1) is 0 Å². The zero-order chi connectivity index (χ0) is 14.9. The molecule has 1 aromatic rings. The molecule has 0 bridgehead atoms. The van der Waals surface area contributed by atoms with E-state index in [0.717, 1.165) is 5.69 Å². The zero-order valence-electron chi connectivity index (χ0n) is 12.1. The third kappa shape index (κ3) is 2.42. The normalized spacial score (nSPS) is 23.4. The number of amides is 1. The molecule has 1 amide bonds. The van der Waals surface area contributed by atoms with Crippen LogP contribution in [0, 0.1) is 5.92 Å². The van der Waals surface area contributed by atoms with Crippen molar-refractivity contribution in [2.24, 2.45) is 5.92 Å². The van der Waals surface area contributed by atoms with Gasteiger partial charge in [-0.1, -0.05) is 0 Å². The van der Waals surface area contributed by atoms with Crippen molar-refractivity contribution >= 4 is 11.9 Å². The molecule has 1 aromatic heterocycles. The van der Waals surface area contributed by atoms with Gasteiger partial charge < -0.3 is 14.6 Å². The third-order valence-electron chi connectivity index (χ3n) is 3.92. The van der Waals surface area contributed by atoms with E-state index in [1.54, 1.807) is 17.4 Å². The molecule has 0 spiro atoms.